The summed E-state index contributed by atoms with van der Waals surface area (Å²) in [6.07, 6.45) is 5.05. The summed E-state index contributed by atoms with van der Waals surface area (Å²) in [4.78, 5) is 0. The molecule has 3 heteroatoms. The van der Waals surface area contributed by atoms with E-state index in [-0.39, 0.29) is 11.9 Å². The van der Waals surface area contributed by atoms with Gasteiger partial charge in [-0.3, -0.25) is 0 Å². The second-order valence-electron chi connectivity index (χ2n) is 5.62. The van der Waals surface area contributed by atoms with Crippen molar-refractivity contribution in [2.24, 2.45) is 17.6 Å². The number of benzene rings is 1. The van der Waals surface area contributed by atoms with E-state index in [4.69, 9.17) is 5.73 Å². The van der Waals surface area contributed by atoms with Crippen LogP contribution < -0.4 is 5.73 Å². The van der Waals surface area contributed by atoms with Gasteiger partial charge in [0, 0.05) is 6.04 Å². The van der Waals surface area contributed by atoms with Crippen molar-refractivity contribution in [3.63, 3.8) is 0 Å². The summed E-state index contributed by atoms with van der Waals surface area (Å²) >= 11 is 0. The second-order valence-corrected chi connectivity index (χ2v) is 5.62. The Morgan fingerprint density at radius 2 is 1.89 bits per heavy atom. The van der Waals surface area contributed by atoms with Gasteiger partial charge in [0.15, 0.2) is 0 Å². The van der Waals surface area contributed by atoms with Gasteiger partial charge in [-0.15, -0.1) is 0 Å². The van der Waals surface area contributed by atoms with Gasteiger partial charge in [-0.25, -0.2) is 8.78 Å². The minimum absolute atomic E-state index is 0.0613. The number of rotatable bonds is 3. The smallest absolute Gasteiger partial charge is 0.126 e. The first kappa shape index (κ1) is 13.5. The zero-order valence-electron chi connectivity index (χ0n) is 10.8. The molecule has 1 unspecified atom stereocenters. The predicted molar refractivity (Wildman–Crippen MR) is 69.2 cm³/mol. The lowest BCUT2D eigenvalue weighted by Gasteiger charge is -2.30. The van der Waals surface area contributed by atoms with Crippen molar-refractivity contribution < 1.29 is 8.78 Å². The van der Waals surface area contributed by atoms with Crippen LogP contribution in [0.4, 0.5) is 8.78 Å². The standard InChI is InChI=1S/C15H21F2N/c1-10-2-4-11(5-3-10)15(18)9-12-8-13(16)6-7-14(12)17/h6-8,10-11,15H,2-5,9,18H2,1H3. The molecule has 100 valence electrons. The first-order valence-electron chi connectivity index (χ1n) is 6.75. The second kappa shape index (κ2) is 5.79. The normalized spacial score (nSPS) is 26.0. The molecule has 1 aromatic carbocycles. The average Bonchev–Trinajstić information content (AvgIpc) is 2.34. The Bertz CT molecular complexity index is 397. The minimum atomic E-state index is -0.393. The molecule has 0 aromatic heterocycles. The van der Waals surface area contributed by atoms with Gasteiger partial charge < -0.3 is 5.73 Å². The summed E-state index contributed by atoms with van der Waals surface area (Å²) in [5.74, 6) is 0.482. The molecule has 0 saturated heterocycles. The summed E-state index contributed by atoms with van der Waals surface area (Å²) in [6, 6.07) is 3.53. The Hall–Kier alpha value is -0.960. The molecule has 0 radical (unpaired) electrons. The van der Waals surface area contributed by atoms with E-state index < -0.39 is 5.82 Å². The fourth-order valence-electron chi connectivity index (χ4n) is 2.83. The van der Waals surface area contributed by atoms with Crippen LogP contribution in [0.15, 0.2) is 18.2 Å². The van der Waals surface area contributed by atoms with Crippen molar-refractivity contribution in [2.45, 2.75) is 45.1 Å². The number of nitrogens with two attached hydrogens (primary N) is 1. The lowest BCUT2D eigenvalue weighted by atomic mass is 9.78. The Morgan fingerprint density at radius 1 is 1.22 bits per heavy atom. The van der Waals surface area contributed by atoms with E-state index in [9.17, 15) is 8.78 Å². The summed E-state index contributed by atoms with van der Waals surface area (Å²) in [7, 11) is 0. The molecular formula is C15H21F2N. The molecular weight excluding hydrogens is 232 g/mol. The van der Waals surface area contributed by atoms with Crippen molar-refractivity contribution in [2.75, 3.05) is 0 Å². The topological polar surface area (TPSA) is 26.0 Å². The zero-order valence-corrected chi connectivity index (χ0v) is 10.8. The lowest BCUT2D eigenvalue weighted by Crippen LogP contribution is -2.34. The van der Waals surface area contributed by atoms with Crippen molar-refractivity contribution in [1.29, 1.82) is 0 Å². The Morgan fingerprint density at radius 3 is 2.56 bits per heavy atom. The third-order valence-electron chi connectivity index (χ3n) is 4.13. The maximum Gasteiger partial charge on any atom is 0.126 e. The maximum atomic E-state index is 13.5. The summed E-state index contributed by atoms with van der Waals surface area (Å²) in [5.41, 5.74) is 6.56. The SMILES string of the molecule is CC1CCC(C(N)Cc2cc(F)ccc2F)CC1. The summed E-state index contributed by atoms with van der Waals surface area (Å²) < 4.78 is 26.6. The third kappa shape index (κ3) is 3.29. The molecule has 0 amide bonds. The van der Waals surface area contributed by atoms with E-state index in [1.54, 1.807) is 0 Å². The average molecular weight is 253 g/mol. The molecule has 0 spiro atoms. The van der Waals surface area contributed by atoms with Gasteiger partial charge in [0.1, 0.15) is 11.6 Å². The van der Waals surface area contributed by atoms with Crippen LogP contribution in [0.3, 0.4) is 0 Å². The highest BCUT2D eigenvalue weighted by molar-refractivity contribution is 5.20. The number of hydrogen-bond donors (Lipinski definition) is 1. The van der Waals surface area contributed by atoms with E-state index in [1.807, 2.05) is 0 Å². The van der Waals surface area contributed by atoms with Gasteiger partial charge in [0.25, 0.3) is 0 Å². The molecule has 2 N–H and O–H groups in total. The molecule has 1 saturated carbocycles. The Kier molecular flexibility index (Phi) is 4.33. The molecule has 1 fully saturated rings. The van der Waals surface area contributed by atoms with E-state index in [0.29, 0.717) is 17.9 Å². The van der Waals surface area contributed by atoms with E-state index in [1.165, 1.54) is 25.0 Å². The molecule has 0 bridgehead atoms. The first-order chi connectivity index (χ1) is 8.56. The maximum absolute atomic E-state index is 13.5. The quantitative estimate of drug-likeness (QED) is 0.874. The van der Waals surface area contributed by atoms with Gasteiger partial charge in [-0.2, -0.15) is 0 Å². The summed E-state index contributed by atoms with van der Waals surface area (Å²) in [5, 5.41) is 0. The Labute approximate surface area is 107 Å². The monoisotopic (exact) mass is 253 g/mol. The fourth-order valence-corrected chi connectivity index (χ4v) is 2.83. The van der Waals surface area contributed by atoms with Crippen molar-refractivity contribution >= 4 is 0 Å². The van der Waals surface area contributed by atoms with Crippen LogP contribution in [-0.4, -0.2) is 6.04 Å². The van der Waals surface area contributed by atoms with Crippen LogP contribution in [0.2, 0.25) is 0 Å². The highest BCUT2D eigenvalue weighted by Crippen LogP contribution is 2.31. The summed E-state index contributed by atoms with van der Waals surface area (Å²) in [6.45, 7) is 2.26. The van der Waals surface area contributed by atoms with Gasteiger partial charge in [-0.05, 0) is 54.9 Å². The zero-order chi connectivity index (χ0) is 13.1. The molecule has 0 heterocycles. The molecule has 1 aliphatic carbocycles. The third-order valence-corrected chi connectivity index (χ3v) is 4.13. The van der Waals surface area contributed by atoms with Crippen LogP contribution in [0.25, 0.3) is 0 Å². The molecule has 1 atom stereocenters. The van der Waals surface area contributed by atoms with Gasteiger partial charge in [-0.1, -0.05) is 19.8 Å². The van der Waals surface area contributed by atoms with Crippen LogP contribution in [-0.2, 0) is 6.42 Å². The number of halogens is 2. The predicted octanol–water partition coefficient (Wildman–Crippen LogP) is 3.66. The van der Waals surface area contributed by atoms with Crippen molar-refractivity contribution in [1.82, 2.24) is 0 Å². The van der Waals surface area contributed by atoms with Crippen LogP contribution in [0.1, 0.15) is 38.2 Å². The molecule has 2 rings (SSSR count). The molecule has 1 nitrogen and oxygen atoms in total. The van der Waals surface area contributed by atoms with Crippen molar-refractivity contribution in [3.8, 4) is 0 Å². The van der Waals surface area contributed by atoms with Crippen LogP contribution >= 0.6 is 0 Å². The van der Waals surface area contributed by atoms with Crippen LogP contribution in [0.5, 0.6) is 0 Å². The minimum Gasteiger partial charge on any atom is -0.327 e. The highest BCUT2D eigenvalue weighted by Gasteiger charge is 2.24. The van der Waals surface area contributed by atoms with E-state index in [0.717, 1.165) is 24.8 Å². The first-order valence-corrected chi connectivity index (χ1v) is 6.75. The van der Waals surface area contributed by atoms with E-state index >= 15 is 0 Å². The fraction of sp³-hybridized carbons (Fsp3) is 0.600. The van der Waals surface area contributed by atoms with Gasteiger partial charge in [0.05, 0.1) is 0 Å². The Balaban J connectivity index is 1.98. The van der Waals surface area contributed by atoms with Crippen LogP contribution in [0, 0.1) is 23.5 Å². The molecule has 18 heavy (non-hydrogen) atoms. The van der Waals surface area contributed by atoms with E-state index in [2.05, 4.69) is 6.92 Å². The number of hydrogen-bond acceptors (Lipinski definition) is 1. The van der Waals surface area contributed by atoms with Gasteiger partial charge in [0.2, 0.25) is 0 Å². The highest BCUT2D eigenvalue weighted by atomic mass is 19.1. The molecule has 1 aromatic rings. The van der Waals surface area contributed by atoms with Crippen molar-refractivity contribution in [3.05, 3.63) is 35.4 Å². The molecule has 1 aliphatic rings. The lowest BCUT2D eigenvalue weighted by molar-refractivity contribution is 0.252. The van der Waals surface area contributed by atoms with Gasteiger partial charge >= 0.3 is 0 Å². The molecule has 0 aliphatic heterocycles. The largest absolute Gasteiger partial charge is 0.327 e.